The fourth-order valence-electron chi connectivity index (χ4n) is 1.91. The second-order valence-electron chi connectivity index (χ2n) is 4.68. The first-order valence-electron chi connectivity index (χ1n) is 6.28. The van der Waals surface area contributed by atoms with Gasteiger partial charge in [-0.15, -0.1) is 0 Å². The molecule has 1 fully saturated rings. The van der Waals surface area contributed by atoms with E-state index >= 15 is 0 Å². The molecule has 0 N–H and O–H groups in total. The van der Waals surface area contributed by atoms with Crippen molar-refractivity contribution in [3.05, 3.63) is 34.9 Å². The van der Waals surface area contributed by atoms with Gasteiger partial charge in [-0.3, -0.25) is 9.69 Å². The molecule has 1 saturated heterocycles. The zero-order valence-electron chi connectivity index (χ0n) is 10.9. The van der Waals surface area contributed by atoms with Crippen LogP contribution in [-0.2, 0) is 26.0 Å². The Labute approximate surface area is 123 Å². The van der Waals surface area contributed by atoms with Gasteiger partial charge in [-0.1, -0.05) is 29.8 Å². The van der Waals surface area contributed by atoms with Gasteiger partial charge in [0.15, 0.2) is 9.84 Å². The number of halogens is 1. The quantitative estimate of drug-likeness (QED) is 0.779. The molecule has 0 amide bonds. The van der Waals surface area contributed by atoms with E-state index < -0.39 is 9.84 Å². The first-order valence-corrected chi connectivity index (χ1v) is 8.48. The Hall–Kier alpha value is -1.11. The van der Waals surface area contributed by atoms with Crippen molar-refractivity contribution in [3.8, 4) is 0 Å². The molecule has 0 radical (unpaired) electrons. The molecule has 0 unspecified atom stereocenters. The summed E-state index contributed by atoms with van der Waals surface area (Å²) in [6, 6.07) is 7.16. The highest BCUT2D eigenvalue weighted by atomic mass is 35.5. The summed E-state index contributed by atoms with van der Waals surface area (Å²) in [5, 5.41) is 0.560. The zero-order chi connectivity index (χ0) is 14.6. The predicted molar refractivity (Wildman–Crippen MR) is 76.3 cm³/mol. The first-order chi connectivity index (χ1) is 9.46. The van der Waals surface area contributed by atoms with Crippen LogP contribution in [0.15, 0.2) is 24.3 Å². The topological polar surface area (TPSA) is 63.7 Å². The third-order valence-electron chi connectivity index (χ3n) is 3.14. The molecule has 20 heavy (non-hydrogen) atoms. The van der Waals surface area contributed by atoms with Gasteiger partial charge in [-0.05, 0) is 6.07 Å². The van der Waals surface area contributed by atoms with Crippen molar-refractivity contribution >= 4 is 27.4 Å². The first kappa shape index (κ1) is 15.3. The lowest BCUT2D eigenvalue weighted by Gasteiger charge is -2.25. The van der Waals surface area contributed by atoms with E-state index in [0.717, 1.165) is 5.56 Å². The van der Waals surface area contributed by atoms with E-state index in [2.05, 4.69) is 0 Å². The van der Waals surface area contributed by atoms with Crippen LogP contribution in [-0.4, -0.2) is 50.4 Å². The predicted octanol–water partition coefficient (Wildman–Crippen LogP) is 1.11. The van der Waals surface area contributed by atoms with Gasteiger partial charge in [0.25, 0.3) is 0 Å². The Kier molecular flexibility index (Phi) is 5.01. The second-order valence-corrected chi connectivity index (χ2v) is 7.39. The van der Waals surface area contributed by atoms with Crippen molar-refractivity contribution in [2.45, 2.75) is 6.61 Å². The molecule has 0 bridgehead atoms. The number of esters is 1. The highest BCUT2D eigenvalue weighted by Crippen LogP contribution is 2.15. The van der Waals surface area contributed by atoms with Crippen LogP contribution in [0.25, 0.3) is 0 Å². The summed E-state index contributed by atoms with van der Waals surface area (Å²) in [7, 11) is -2.92. The number of sulfone groups is 1. The number of benzene rings is 1. The Morgan fingerprint density at radius 3 is 2.55 bits per heavy atom. The minimum atomic E-state index is -2.92. The van der Waals surface area contributed by atoms with Crippen LogP contribution in [0, 0.1) is 0 Å². The van der Waals surface area contributed by atoms with Crippen LogP contribution >= 0.6 is 11.6 Å². The van der Waals surface area contributed by atoms with Crippen molar-refractivity contribution in [1.29, 1.82) is 0 Å². The van der Waals surface area contributed by atoms with Gasteiger partial charge in [0, 0.05) is 23.7 Å². The van der Waals surface area contributed by atoms with Gasteiger partial charge < -0.3 is 4.74 Å². The van der Waals surface area contributed by atoms with E-state index in [4.69, 9.17) is 16.3 Å². The molecule has 1 aliphatic rings. The third-order valence-corrected chi connectivity index (χ3v) is 5.11. The smallest absolute Gasteiger partial charge is 0.320 e. The summed E-state index contributed by atoms with van der Waals surface area (Å²) in [4.78, 5) is 13.5. The Morgan fingerprint density at radius 1 is 1.25 bits per heavy atom. The van der Waals surface area contributed by atoms with Crippen LogP contribution in [0.5, 0.6) is 0 Å². The highest BCUT2D eigenvalue weighted by Gasteiger charge is 2.23. The molecule has 110 valence electrons. The summed E-state index contributed by atoms with van der Waals surface area (Å²) in [5.74, 6) is -0.167. The van der Waals surface area contributed by atoms with E-state index in [1.54, 1.807) is 17.0 Å². The lowest BCUT2D eigenvalue weighted by Crippen LogP contribution is -2.43. The monoisotopic (exact) mass is 317 g/mol. The van der Waals surface area contributed by atoms with Gasteiger partial charge in [-0.25, -0.2) is 8.42 Å². The van der Waals surface area contributed by atoms with Gasteiger partial charge in [0.1, 0.15) is 6.61 Å². The maximum Gasteiger partial charge on any atom is 0.320 e. The SMILES string of the molecule is O=C(CN1CCS(=O)(=O)CC1)OCc1ccccc1Cl. The molecule has 0 saturated carbocycles. The molecule has 0 aliphatic carbocycles. The fraction of sp³-hybridized carbons (Fsp3) is 0.462. The molecule has 5 nitrogen and oxygen atoms in total. The van der Waals surface area contributed by atoms with Crippen molar-refractivity contribution in [1.82, 2.24) is 4.90 Å². The molecule has 1 aliphatic heterocycles. The molecule has 7 heteroatoms. The third kappa shape index (κ3) is 4.47. The number of nitrogens with zero attached hydrogens (tertiary/aromatic N) is 1. The Bertz CT molecular complexity index is 574. The van der Waals surface area contributed by atoms with E-state index in [0.29, 0.717) is 18.1 Å². The minimum Gasteiger partial charge on any atom is -0.460 e. The van der Waals surface area contributed by atoms with Crippen LogP contribution < -0.4 is 0 Å². The normalized spacial score (nSPS) is 18.6. The summed E-state index contributed by atoms with van der Waals surface area (Å²) >= 11 is 5.96. The van der Waals surface area contributed by atoms with Gasteiger partial charge in [-0.2, -0.15) is 0 Å². The number of ether oxygens (including phenoxy) is 1. The standard InChI is InChI=1S/C13H16ClNO4S/c14-12-4-2-1-3-11(12)10-19-13(16)9-15-5-7-20(17,18)8-6-15/h1-4H,5-10H2. The number of carbonyl (C=O) groups is 1. The largest absolute Gasteiger partial charge is 0.460 e. The maximum absolute atomic E-state index is 11.7. The number of hydrogen-bond donors (Lipinski definition) is 0. The summed E-state index contributed by atoms with van der Waals surface area (Å²) < 4.78 is 27.7. The molecule has 0 spiro atoms. The Morgan fingerprint density at radius 2 is 1.90 bits per heavy atom. The molecule has 1 aromatic carbocycles. The lowest BCUT2D eigenvalue weighted by atomic mass is 10.2. The Balaban J connectivity index is 1.78. The molecule has 2 rings (SSSR count). The average Bonchev–Trinajstić information content (AvgIpc) is 2.40. The lowest BCUT2D eigenvalue weighted by molar-refractivity contribution is -0.146. The van der Waals surface area contributed by atoms with Crippen LogP contribution in [0.4, 0.5) is 0 Å². The van der Waals surface area contributed by atoms with Crippen molar-refractivity contribution in [2.75, 3.05) is 31.1 Å². The number of rotatable bonds is 4. The van der Waals surface area contributed by atoms with Crippen LogP contribution in [0.1, 0.15) is 5.56 Å². The number of hydrogen-bond acceptors (Lipinski definition) is 5. The van der Waals surface area contributed by atoms with Crippen molar-refractivity contribution < 1.29 is 17.9 Å². The summed E-state index contributed by atoms with van der Waals surface area (Å²) in [6.45, 7) is 0.998. The molecule has 0 atom stereocenters. The van der Waals surface area contributed by atoms with E-state index in [1.807, 2.05) is 12.1 Å². The summed E-state index contributed by atoms with van der Waals surface area (Å²) in [5.41, 5.74) is 0.753. The van der Waals surface area contributed by atoms with E-state index in [-0.39, 0.29) is 30.6 Å². The van der Waals surface area contributed by atoms with E-state index in [9.17, 15) is 13.2 Å². The molecule has 1 heterocycles. The van der Waals surface area contributed by atoms with Gasteiger partial charge >= 0.3 is 5.97 Å². The van der Waals surface area contributed by atoms with Crippen LogP contribution in [0.2, 0.25) is 5.02 Å². The molecule has 0 aromatic heterocycles. The molecular weight excluding hydrogens is 302 g/mol. The average molecular weight is 318 g/mol. The van der Waals surface area contributed by atoms with Crippen molar-refractivity contribution in [3.63, 3.8) is 0 Å². The van der Waals surface area contributed by atoms with Crippen LogP contribution in [0.3, 0.4) is 0 Å². The molecular formula is C13H16ClNO4S. The maximum atomic E-state index is 11.7. The highest BCUT2D eigenvalue weighted by molar-refractivity contribution is 7.91. The number of carbonyl (C=O) groups excluding carboxylic acids is 1. The minimum absolute atomic E-state index is 0.102. The zero-order valence-corrected chi connectivity index (χ0v) is 12.5. The summed E-state index contributed by atoms with van der Waals surface area (Å²) in [6.07, 6.45) is 0. The van der Waals surface area contributed by atoms with E-state index in [1.165, 1.54) is 0 Å². The van der Waals surface area contributed by atoms with Crippen molar-refractivity contribution in [2.24, 2.45) is 0 Å². The van der Waals surface area contributed by atoms with Gasteiger partial charge in [0.05, 0.1) is 18.1 Å². The fourth-order valence-corrected chi connectivity index (χ4v) is 3.38. The molecule has 1 aromatic rings. The van der Waals surface area contributed by atoms with Gasteiger partial charge in [0.2, 0.25) is 0 Å². The second kappa shape index (κ2) is 6.56.